The van der Waals surface area contributed by atoms with Gasteiger partial charge < -0.3 is 24.8 Å². The van der Waals surface area contributed by atoms with Gasteiger partial charge in [0, 0.05) is 31.0 Å². The molecule has 1 fully saturated rings. The summed E-state index contributed by atoms with van der Waals surface area (Å²) in [6.45, 7) is 10.6. The van der Waals surface area contributed by atoms with Gasteiger partial charge in [0.25, 0.3) is 10.0 Å². The fourth-order valence-corrected chi connectivity index (χ4v) is 12.1. The van der Waals surface area contributed by atoms with E-state index in [1.807, 2.05) is 100 Å². The number of carbonyl (C=O) groups is 2. The number of hydrogen-bond donors (Lipinski definition) is 3. The van der Waals surface area contributed by atoms with Crippen molar-refractivity contribution in [3.63, 3.8) is 0 Å². The number of benzene rings is 5. The highest BCUT2D eigenvalue weighted by atomic mass is 32.2. The molecule has 1 amide bonds. The molecule has 0 bridgehead atoms. The van der Waals surface area contributed by atoms with E-state index >= 15 is 0 Å². The summed E-state index contributed by atoms with van der Waals surface area (Å²) in [7, 11) is -4.19. The number of likely N-dealkylation sites (tertiary alicyclic amines) is 1. The molecule has 0 radical (unpaired) electrons. The van der Waals surface area contributed by atoms with Gasteiger partial charge in [-0.1, -0.05) is 97.1 Å². The van der Waals surface area contributed by atoms with Crippen LogP contribution in [0.15, 0.2) is 107 Å². The van der Waals surface area contributed by atoms with Gasteiger partial charge in [0.2, 0.25) is 5.96 Å². The Morgan fingerprint density at radius 3 is 1.94 bits per heavy atom. The molecule has 0 spiro atoms. The predicted octanol–water partition coefficient (Wildman–Crippen LogP) is 8.94. The third-order valence-electron chi connectivity index (χ3n) is 13.8. The van der Waals surface area contributed by atoms with Crippen LogP contribution < -0.4 is 14.8 Å². The molecule has 5 aromatic carbocycles. The van der Waals surface area contributed by atoms with Crippen molar-refractivity contribution in [2.24, 2.45) is 10.9 Å². The van der Waals surface area contributed by atoms with E-state index in [0.717, 1.165) is 63.1 Å². The molecule has 0 aromatic heterocycles. The number of carboxylic acid groups (broad SMARTS) is 1. The Morgan fingerprint density at radius 2 is 1.36 bits per heavy atom. The van der Waals surface area contributed by atoms with Crippen LogP contribution in [0.2, 0.25) is 0 Å². The minimum Gasteiger partial charge on any atom is -0.487 e. The summed E-state index contributed by atoms with van der Waals surface area (Å²) in [5.41, 5.74) is 11.3. The van der Waals surface area contributed by atoms with Gasteiger partial charge in [-0.25, -0.2) is 27.7 Å². The molecule has 2 heterocycles. The number of carbonyl (C=O) groups excluding carboxylic acids is 1. The van der Waals surface area contributed by atoms with Crippen molar-refractivity contribution in [3.8, 4) is 16.9 Å². The lowest BCUT2D eigenvalue weighted by Gasteiger charge is -2.36. The topological polar surface area (TPSA) is 147 Å². The first kappa shape index (κ1) is 43.1. The number of ether oxygens (including phenoxy) is 2. The SMILES string of the molecule is Cc1c(C)c(S(=O)(=O)NC(=NC2c3ccccc3CCc3ccccc32)N2CCC(C[C@H](NC(=O)OCC3c4ccccc4-c4ccccc43)C(=O)O)CC2)c(C)c2c1OC(C)(C)C2. The quantitative estimate of drug-likeness (QED) is 0.0983. The van der Waals surface area contributed by atoms with E-state index < -0.39 is 39.8 Å². The summed E-state index contributed by atoms with van der Waals surface area (Å²) < 4.78 is 44.9. The molecule has 3 N–H and O–H groups in total. The van der Waals surface area contributed by atoms with Crippen molar-refractivity contribution in [2.45, 2.75) is 102 Å². The summed E-state index contributed by atoms with van der Waals surface area (Å²) in [6.07, 6.45) is 2.79. The van der Waals surface area contributed by atoms with Crippen LogP contribution in [-0.2, 0) is 38.8 Å². The molecule has 2 aliphatic carbocycles. The number of hydrogen-bond acceptors (Lipinski definition) is 7. The molecule has 1 atom stereocenters. The van der Waals surface area contributed by atoms with Crippen LogP contribution in [-0.4, -0.2) is 67.8 Å². The number of piperidine rings is 1. The first-order valence-electron chi connectivity index (χ1n) is 22.4. The number of carboxylic acids is 1. The number of rotatable bonds is 9. The smallest absolute Gasteiger partial charge is 0.407 e. The molecule has 2 aliphatic heterocycles. The standard InChI is InChI=1S/C52H56N4O7S/c1-31-32(2)48(33(3)43-29-52(4,5)63-47(31)43)64(60,61)55-50(54-46-37-16-8-6-14-35(37)22-23-36-15-7-9-17-38(36)46)56-26-24-34(25-27-56)28-45(49(57)58)53-51(59)62-30-44-41-20-12-10-18-39(41)40-19-11-13-21-42(40)44/h6-21,34,44-46H,22-30H2,1-5H3,(H,53,59)(H,54,55)(H,57,58)/t45-/m0/s1. The van der Waals surface area contributed by atoms with Crippen molar-refractivity contribution in [1.82, 2.24) is 14.9 Å². The second-order valence-corrected chi connectivity index (χ2v) is 20.1. The number of fused-ring (bicyclic) bond motifs is 6. The Hall–Kier alpha value is -6.14. The van der Waals surface area contributed by atoms with Crippen LogP contribution in [0.25, 0.3) is 11.1 Å². The largest absolute Gasteiger partial charge is 0.487 e. The fraction of sp³-hybridized carbons (Fsp3) is 0.365. The van der Waals surface area contributed by atoms with Gasteiger partial charge in [0.1, 0.15) is 30.0 Å². The van der Waals surface area contributed by atoms with E-state index in [9.17, 15) is 23.1 Å². The van der Waals surface area contributed by atoms with Gasteiger partial charge in [0.15, 0.2) is 0 Å². The molecule has 5 aromatic rings. The lowest BCUT2D eigenvalue weighted by molar-refractivity contribution is -0.139. The van der Waals surface area contributed by atoms with Gasteiger partial charge in [0.05, 0.1) is 4.90 Å². The van der Waals surface area contributed by atoms with Crippen molar-refractivity contribution in [2.75, 3.05) is 19.7 Å². The van der Waals surface area contributed by atoms with Gasteiger partial charge >= 0.3 is 12.1 Å². The van der Waals surface area contributed by atoms with E-state index in [1.165, 1.54) is 11.1 Å². The van der Waals surface area contributed by atoms with Gasteiger partial charge in [-0.2, -0.15) is 0 Å². The Labute approximate surface area is 376 Å². The van der Waals surface area contributed by atoms with Crippen molar-refractivity contribution >= 4 is 28.0 Å². The van der Waals surface area contributed by atoms with Crippen LogP contribution in [0, 0.1) is 26.7 Å². The van der Waals surface area contributed by atoms with Gasteiger partial charge in [-0.3, -0.25) is 0 Å². The number of alkyl carbamates (subject to hydrolysis) is 1. The monoisotopic (exact) mass is 880 g/mol. The summed E-state index contributed by atoms with van der Waals surface area (Å²) in [6, 6.07) is 31.0. The number of aliphatic carboxylic acids is 1. The third kappa shape index (κ3) is 8.24. The number of nitrogens with one attached hydrogen (secondary N) is 2. The number of aliphatic imine (C=N–C) groups is 1. The number of nitrogens with zero attached hydrogens (tertiary/aromatic N) is 2. The Kier molecular flexibility index (Phi) is 11.5. The Balaban J connectivity index is 0.959. The first-order chi connectivity index (χ1) is 30.7. The van der Waals surface area contributed by atoms with E-state index in [-0.39, 0.29) is 35.7 Å². The molecule has 11 nitrogen and oxygen atoms in total. The molecule has 64 heavy (non-hydrogen) atoms. The third-order valence-corrected chi connectivity index (χ3v) is 15.4. The van der Waals surface area contributed by atoms with Crippen molar-refractivity contribution < 1.29 is 32.6 Å². The maximum atomic E-state index is 14.9. The predicted molar refractivity (Wildman–Crippen MR) is 247 cm³/mol. The minimum absolute atomic E-state index is 0.0735. The molecule has 0 saturated carbocycles. The number of amides is 1. The van der Waals surface area contributed by atoms with Crippen LogP contribution in [0.4, 0.5) is 4.79 Å². The van der Waals surface area contributed by atoms with Gasteiger partial charge in [-0.05, 0) is 134 Å². The maximum absolute atomic E-state index is 14.9. The lowest BCUT2D eigenvalue weighted by atomic mass is 9.90. The highest BCUT2D eigenvalue weighted by molar-refractivity contribution is 7.90. The van der Waals surface area contributed by atoms with Crippen LogP contribution in [0.1, 0.15) is 101 Å². The zero-order valence-electron chi connectivity index (χ0n) is 37.1. The molecule has 0 unspecified atom stereocenters. The molecule has 1 saturated heterocycles. The van der Waals surface area contributed by atoms with Crippen molar-refractivity contribution in [3.05, 3.63) is 153 Å². The average Bonchev–Trinajstić information content (AvgIpc) is 3.73. The normalized spacial score (nSPS) is 17.5. The molecular formula is C52H56N4O7S. The summed E-state index contributed by atoms with van der Waals surface area (Å²) in [5, 5.41) is 12.9. The zero-order valence-corrected chi connectivity index (χ0v) is 37.9. The highest BCUT2D eigenvalue weighted by Crippen LogP contribution is 2.46. The van der Waals surface area contributed by atoms with E-state index in [0.29, 0.717) is 43.5 Å². The molecule has 12 heteroatoms. The lowest BCUT2D eigenvalue weighted by Crippen LogP contribution is -2.49. The van der Waals surface area contributed by atoms with Crippen LogP contribution in [0.5, 0.6) is 5.75 Å². The van der Waals surface area contributed by atoms with E-state index in [2.05, 4.69) is 46.4 Å². The minimum atomic E-state index is -4.19. The summed E-state index contributed by atoms with van der Waals surface area (Å²) in [4.78, 5) is 33.4. The maximum Gasteiger partial charge on any atom is 0.407 e. The van der Waals surface area contributed by atoms with Crippen molar-refractivity contribution in [1.29, 1.82) is 0 Å². The van der Waals surface area contributed by atoms with Gasteiger partial charge in [-0.15, -0.1) is 0 Å². The average molecular weight is 881 g/mol. The fourth-order valence-electron chi connectivity index (χ4n) is 10.5. The Bertz CT molecular complexity index is 2700. The Morgan fingerprint density at radius 1 is 0.812 bits per heavy atom. The number of sulfonamides is 1. The van der Waals surface area contributed by atoms with Crippen LogP contribution >= 0.6 is 0 Å². The second kappa shape index (κ2) is 17.1. The summed E-state index contributed by atoms with van der Waals surface area (Å²) >= 11 is 0. The summed E-state index contributed by atoms with van der Waals surface area (Å²) in [5.74, 6) is -0.361. The van der Waals surface area contributed by atoms with Crippen LogP contribution in [0.3, 0.4) is 0 Å². The molecule has 4 aliphatic rings. The molecular weight excluding hydrogens is 825 g/mol. The number of guanidine groups is 1. The highest BCUT2D eigenvalue weighted by Gasteiger charge is 2.38. The van der Waals surface area contributed by atoms with E-state index in [4.69, 9.17) is 14.5 Å². The first-order valence-corrected chi connectivity index (χ1v) is 23.8. The van der Waals surface area contributed by atoms with E-state index in [1.54, 1.807) is 0 Å². The number of aryl methyl sites for hydroxylation is 2. The zero-order chi connectivity index (χ0) is 44.9. The second-order valence-electron chi connectivity index (χ2n) is 18.4. The molecule has 332 valence electrons. The molecule has 9 rings (SSSR count).